The Morgan fingerprint density at radius 2 is 1.76 bits per heavy atom. The molecular weight excluding hydrogens is 509 g/mol. The van der Waals surface area contributed by atoms with E-state index in [0.29, 0.717) is 16.9 Å². The smallest absolute Gasteiger partial charge is 0.343 e. The Balaban J connectivity index is 1.54. The standard InChI is InChI=1S/C24H19BrFN3O5/c1-33-21-11-15(5-10-20(21)34-24(32)16-6-8-18(25)9-7-16)13-28-29-22(30)14-27-23(31)17-3-2-4-19(26)12-17/h2-13H,14H2,1H3,(H,27,31)(H,29,30)/b28-13+. The van der Waals surface area contributed by atoms with Crippen LogP contribution in [-0.4, -0.2) is 37.7 Å². The largest absolute Gasteiger partial charge is 0.493 e. The zero-order valence-corrected chi connectivity index (χ0v) is 19.5. The summed E-state index contributed by atoms with van der Waals surface area (Å²) >= 11 is 3.31. The van der Waals surface area contributed by atoms with Crippen LogP contribution < -0.4 is 20.2 Å². The molecule has 0 aliphatic rings. The number of rotatable bonds is 8. The Labute approximate surface area is 202 Å². The molecular formula is C24H19BrFN3O5. The van der Waals surface area contributed by atoms with Crippen LogP contribution in [0.4, 0.5) is 4.39 Å². The predicted octanol–water partition coefficient (Wildman–Crippen LogP) is 3.70. The number of nitrogens with one attached hydrogen (secondary N) is 2. The van der Waals surface area contributed by atoms with E-state index in [0.717, 1.165) is 10.5 Å². The van der Waals surface area contributed by atoms with Gasteiger partial charge >= 0.3 is 5.97 Å². The van der Waals surface area contributed by atoms with Crippen molar-refractivity contribution in [3.8, 4) is 11.5 Å². The molecule has 0 unspecified atom stereocenters. The van der Waals surface area contributed by atoms with Crippen molar-refractivity contribution in [2.75, 3.05) is 13.7 Å². The number of nitrogens with zero attached hydrogens (tertiary/aromatic N) is 1. The summed E-state index contributed by atoms with van der Waals surface area (Å²) in [4.78, 5) is 36.2. The average Bonchev–Trinajstić information content (AvgIpc) is 2.83. The lowest BCUT2D eigenvalue weighted by molar-refractivity contribution is -0.120. The van der Waals surface area contributed by atoms with Gasteiger partial charge < -0.3 is 14.8 Å². The Bertz CT molecular complexity index is 1230. The monoisotopic (exact) mass is 527 g/mol. The quantitative estimate of drug-likeness (QED) is 0.201. The molecule has 34 heavy (non-hydrogen) atoms. The van der Waals surface area contributed by atoms with Gasteiger partial charge in [-0.3, -0.25) is 9.59 Å². The van der Waals surface area contributed by atoms with Gasteiger partial charge in [-0.2, -0.15) is 5.10 Å². The van der Waals surface area contributed by atoms with Crippen LogP contribution >= 0.6 is 15.9 Å². The van der Waals surface area contributed by atoms with E-state index in [4.69, 9.17) is 9.47 Å². The first-order valence-corrected chi connectivity index (χ1v) is 10.7. The van der Waals surface area contributed by atoms with Gasteiger partial charge in [0, 0.05) is 10.0 Å². The number of ether oxygens (including phenoxy) is 2. The van der Waals surface area contributed by atoms with E-state index < -0.39 is 23.6 Å². The molecule has 0 saturated heterocycles. The molecule has 0 aliphatic heterocycles. The fourth-order valence-electron chi connectivity index (χ4n) is 2.70. The maximum atomic E-state index is 13.2. The molecule has 0 radical (unpaired) electrons. The summed E-state index contributed by atoms with van der Waals surface area (Å²) in [7, 11) is 1.43. The van der Waals surface area contributed by atoms with Gasteiger partial charge in [0.25, 0.3) is 11.8 Å². The maximum Gasteiger partial charge on any atom is 0.343 e. The SMILES string of the molecule is COc1cc(/C=N/NC(=O)CNC(=O)c2cccc(F)c2)ccc1OC(=O)c1ccc(Br)cc1. The summed E-state index contributed by atoms with van der Waals surface area (Å²) in [6.07, 6.45) is 1.36. The number of methoxy groups -OCH3 is 1. The minimum absolute atomic E-state index is 0.101. The molecule has 0 fully saturated rings. The summed E-state index contributed by atoms with van der Waals surface area (Å²) in [6, 6.07) is 16.6. The molecule has 0 spiro atoms. The van der Waals surface area contributed by atoms with E-state index >= 15 is 0 Å². The van der Waals surface area contributed by atoms with Crippen molar-refractivity contribution >= 4 is 39.9 Å². The summed E-state index contributed by atoms with van der Waals surface area (Å²) in [5.74, 6) is -1.74. The first-order valence-electron chi connectivity index (χ1n) is 9.87. The van der Waals surface area contributed by atoms with Gasteiger partial charge in [-0.15, -0.1) is 0 Å². The zero-order valence-electron chi connectivity index (χ0n) is 17.9. The Morgan fingerprint density at radius 1 is 1.00 bits per heavy atom. The molecule has 2 amide bonds. The van der Waals surface area contributed by atoms with E-state index in [1.54, 1.807) is 36.4 Å². The van der Waals surface area contributed by atoms with Crippen molar-refractivity contribution in [2.24, 2.45) is 5.10 Å². The third kappa shape index (κ3) is 6.97. The Kier molecular flexibility index (Phi) is 8.47. The molecule has 0 atom stereocenters. The molecule has 3 aromatic carbocycles. The fraction of sp³-hybridized carbons (Fsp3) is 0.0833. The van der Waals surface area contributed by atoms with Crippen LogP contribution in [0.1, 0.15) is 26.3 Å². The van der Waals surface area contributed by atoms with E-state index in [-0.39, 0.29) is 17.9 Å². The molecule has 2 N–H and O–H groups in total. The lowest BCUT2D eigenvalue weighted by Gasteiger charge is -2.10. The van der Waals surface area contributed by atoms with Crippen LogP contribution in [0.25, 0.3) is 0 Å². The molecule has 0 aliphatic carbocycles. The second kappa shape index (κ2) is 11.7. The van der Waals surface area contributed by atoms with Gasteiger partial charge in [-0.1, -0.05) is 22.0 Å². The number of carbonyl (C=O) groups excluding carboxylic acids is 3. The lowest BCUT2D eigenvalue weighted by Crippen LogP contribution is -2.34. The normalized spacial score (nSPS) is 10.6. The number of esters is 1. The highest BCUT2D eigenvalue weighted by molar-refractivity contribution is 9.10. The predicted molar refractivity (Wildman–Crippen MR) is 127 cm³/mol. The summed E-state index contributed by atoms with van der Waals surface area (Å²) in [6.45, 7) is -0.346. The summed E-state index contributed by atoms with van der Waals surface area (Å²) in [5, 5.41) is 6.20. The fourth-order valence-corrected chi connectivity index (χ4v) is 2.97. The van der Waals surface area contributed by atoms with Crippen molar-refractivity contribution in [1.82, 2.24) is 10.7 Å². The summed E-state index contributed by atoms with van der Waals surface area (Å²) < 4.78 is 24.7. The number of carbonyl (C=O) groups is 3. The van der Waals surface area contributed by atoms with Crippen LogP contribution in [0.15, 0.2) is 76.3 Å². The van der Waals surface area contributed by atoms with Crippen LogP contribution in [0.5, 0.6) is 11.5 Å². The zero-order chi connectivity index (χ0) is 24.5. The van der Waals surface area contributed by atoms with E-state index in [2.05, 4.69) is 31.8 Å². The van der Waals surface area contributed by atoms with Gasteiger partial charge in [-0.25, -0.2) is 14.6 Å². The molecule has 8 nitrogen and oxygen atoms in total. The maximum absolute atomic E-state index is 13.2. The Morgan fingerprint density at radius 3 is 2.47 bits per heavy atom. The van der Waals surface area contributed by atoms with Crippen LogP contribution in [-0.2, 0) is 4.79 Å². The number of halogens is 2. The van der Waals surface area contributed by atoms with Gasteiger partial charge in [0.1, 0.15) is 5.82 Å². The highest BCUT2D eigenvalue weighted by atomic mass is 79.9. The van der Waals surface area contributed by atoms with Gasteiger partial charge in [0.2, 0.25) is 0 Å². The van der Waals surface area contributed by atoms with Crippen molar-refractivity contribution in [2.45, 2.75) is 0 Å². The number of hydrogen-bond acceptors (Lipinski definition) is 6. The first-order chi connectivity index (χ1) is 16.4. The van der Waals surface area contributed by atoms with E-state index in [1.165, 1.54) is 37.6 Å². The van der Waals surface area contributed by atoms with Crippen molar-refractivity contribution in [3.05, 3.63) is 93.7 Å². The first kappa shape index (κ1) is 24.6. The highest BCUT2D eigenvalue weighted by Gasteiger charge is 2.13. The highest BCUT2D eigenvalue weighted by Crippen LogP contribution is 2.28. The van der Waals surface area contributed by atoms with Crippen LogP contribution in [0.3, 0.4) is 0 Å². The number of hydrogen-bond donors (Lipinski definition) is 2. The number of amides is 2. The van der Waals surface area contributed by atoms with Gasteiger partial charge in [0.05, 0.1) is 25.4 Å². The number of benzene rings is 3. The second-order valence-corrected chi connectivity index (χ2v) is 7.71. The molecule has 10 heteroatoms. The van der Waals surface area contributed by atoms with Crippen LogP contribution in [0, 0.1) is 5.82 Å². The van der Waals surface area contributed by atoms with Crippen molar-refractivity contribution < 1.29 is 28.2 Å². The minimum Gasteiger partial charge on any atom is -0.493 e. The van der Waals surface area contributed by atoms with Gasteiger partial charge in [-0.05, 0) is 66.2 Å². The number of hydrazone groups is 1. The van der Waals surface area contributed by atoms with Crippen molar-refractivity contribution in [1.29, 1.82) is 0 Å². The Hall–Kier alpha value is -4.05. The minimum atomic E-state index is -0.586. The third-order valence-electron chi connectivity index (χ3n) is 4.37. The van der Waals surface area contributed by atoms with Gasteiger partial charge in [0.15, 0.2) is 11.5 Å². The average molecular weight is 528 g/mol. The van der Waals surface area contributed by atoms with E-state index in [1.807, 2.05) is 0 Å². The molecule has 3 aromatic rings. The molecule has 0 saturated carbocycles. The summed E-state index contributed by atoms with van der Waals surface area (Å²) in [5.41, 5.74) is 3.31. The van der Waals surface area contributed by atoms with Crippen molar-refractivity contribution in [3.63, 3.8) is 0 Å². The molecule has 0 bridgehead atoms. The molecule has 0 aromatic heterocycles. The van der Waals surface area contributed by atoms with E-state index in [9.17, 15) is 18.8 Å². The third-order valence-corrected chi connectivity index (χ3v) is 4.90. The lowest BCUT2D eigenvalue weighted by atomic mass is 10.2. The molecule has 174 valence electrons. The molecule has 3 rings (SSSR count). The topological polar surface area (TPSA) is 106 Å². The molecule has 0 heterocycles. The van der Waals surface area contributed by atoms with Crippen LogP contribution in [0.2, 0.25) is 0 Å². The second-order valence-electron chi connectivity index (χ2n) is 6.79.